The SMILES string of the molecule is C#C[Si](O[Si](O[Si](C#Cc1ccccc1I)(c1ccccc1)c1ccccc1)(c1ccccc1)c1ccccc1)(c1ccccc1)c1ccccc1. The van der Waals surface area contributed by atoms with Gasteiger partial charge in [-0.15, -0.1) is 6.42 Å². The number of terminal acetylenes is 1. The molecule has 7 aromatic rings. The van der Waals surface area contributed by atoms with E-state index in [2.05, 4.69) is 173 Å². The van der Waals surface area contributed by atoms with E-state index in [0.717, 1.165) is 40.3 Å². The molecule has 0 aliphatic carbocycles. The van der Waals surface area contributed by atoms with Gasteiger partial charge in [0.25, 0.3) is 0 Å². The van der Waals surface area contributed by atoms with Crippen molar-refractivity contribution < 1.29 is 8.23 Å². The molecule has 7 aromatic carbocycles. The van der Waals surface area contributed by atoms with Gasteiger partial charge in [0.1, 0.15) is 0 Å². The normalized spacial score (nSPS) is 11.5. The van der Waals surface area contributed by atoms with Crippen LogP contribution in [0.5, 0.6) is 0 Å². The Hall–Kier alpha value is -5.04. The summed E-state index contributed by atoms with van der Waals surface area (Å²) in [4.78, 5) is 0. The largest absolute Gasteiger partial charge is 0.413 e. The van der Waals surface area contributed by atoms with E-state index in [1.165, 1.54) is 0 Å². The predicted molar refractivity (Wildman–Crippen MR) is 231 cm³/mol. The quantitative estimate of drug-likeness (QED) is 0.0935. The average Bonchev–Trinajstić information content (AvgIpc) is 3.23. The topological polar surface area (TPSA) is 18.5 Å². The Bertz CT molecular complexity index is 2210. The summed E-state index contributed by atoms with van der Waals surface area (Å²) in [6.07, 6.45) is 6.81. The molecule has 0 unspecified atom stereocenters. The summed E-state index contributed by atoms with van der Waals surface area (Å²) in [6, 6.07) is 70.6. The maximum absolute atomic E-state index is 8.25. The van der Waals surface area contributed by atoms with Crippen molar-refractivity contribution in [2.45, 2.75) is 0 Å². The van der Waals surface area contributed by atoms with Crippen LogP contribution in [0.25, 0.3) is 0 Å². The Kier molecular flexibility index (Phi) is 11.0. The first-order valence-electron chi connectivity index (χ1n) is 17.1. The van der Waals surface area contributed by atoms with Crippen molar-refractivity contribution in [2.75, 3.05) is 0 Å². The summed E-state index contributed by atoms with van der Waals surface area (Å²) in [5.41, 5.74) is 8.15. The standard InChI is InChI=1S/C46H35IO2Si3/c1-2-50(40-24-9-3-10-25-40,41-26-11-4-12-27-41)48-52(44-32-17-7-18-33-44,45-34-19-8-20-35-45)49-51(42-28-13-5-14-29-42,43-30-15-6-16-31-43)38-37-39-23-21-22-36-46(39)47/h1,3-36H. The lowest BCUT2D eigenvalue weighted by Gasteiger charge is -2.44. The highest BCUT2D eigenvalue weighted by molar-refractivity contribution is 14.1. The van der Waals surface area contributed by atoms with E-state index in [1.54, 1.807) is 0 Å². The van der Waals surface area contributed by atoms with Gasteiger partial charge in [-0.25, -0.2) is 0 Å². The van der Waals surface area contributed by atoms with Crippen LogP contribution in [0.4, 0.5) is 0 Å². The molecule has 0 radical (unpaired) electrons. The molecule has 0 spiro atoms. The van der Waals surface area contributed by atoms with E-state index in [1.807, 2.05) is 72.8 Å². The van der Waals surface area contributed by atoms with Gasteiger partial charge in [-0.05, 0) is 65.8 Å². The van der Waals surface area contributed by atoms with Crippen LogP contribution in [0, 0.1) is 27.0 Å². The monoisotopic (exact) mass is 830 g/mol. The fraction of sp³-hybridized carbons (Fsp3) is 0. The third-order valence-corrected chi connectivity index (χ3v) is 22.4. The lowest BCUT2D eigenvalue weighted by Crippen LogP contribution is -2.79. The molecule has 0 N–H and O–H groups in total. The van der Waals surface area contributed by atoms with Gasteiger partial charge in [0.15, 0.2) is 0 Å². The molecule has 0 saturated carbocycles. The summed E-state index contributed by atoms with van der Waals surface area (Å²) < 4.78 is 17.4. The van der Waals surface area contributed by atoms with Gasteiger partial charge >= 0.3 is 25.2 Å². The van der Waals surface area contributed by atoms with Gasteiger partial charge < -0.3 is 8.23 Å². The molecule has 0 heterocycles. The van der Waals surface area contributed by atoms with E-state index in [4.69, 9.17) is 14.7 Å². The summed E-state index contributed by atoms with van der Waals surface area (Å²) in [5.74, 6) is 3.63. The number of benzene rings is 7. The van der Waals surface area contributed by atoms with Gasteiger partial charge in [0.2, 0.25) is 0 Å². The summed E-state index contributed by atoms with van der Waals surface area (Å²) in [6.45, 7) is 0. The van der Waals surface area contributed by atoms with Gasteiger partial charge in [0.05, 0.1) is 0 Å². The lowest BCUT2D eigenvalue weighted by atomic mass is 10.2. The molecule has 0 saturated heterocycles. The molecular weight excluding hydrogens is 796 g/mol. The van der Waals surface area contributed by atoms with Crippen LogP contribution in [-0.2, 0) is 8.23 Å². The van der Waals surface area contributed by atoms with Crippen LogP contribution < -0.4 is 31.1 Å². The van der Waals surface area contributed by atoms with E-state index < -0.39 is 25.2 Å². The predicted octanol–water partition coefficient (Wildman–Crippen LogP) is 6.16. The third-order valence-electron chi connectivity index (χ3n) is 9.07. The molecular formula is C46H35IO2Si3. The summed E-state index contributed by atoms with van der Waals surface area (Å²) in [7, 11) is -10.9. The van der Waals surface area contributed by atoms with Crippen molar-refractivity contribution in [3.8, 4) is 23.4 Å². The second-order valence-corrected chi connectivity index (χ2v) is 23.0. The zero-order valence-electron chi connectivity index (χ0n) is 28.4. The van der Waals surface area contributed by atoms with Gasteiger partial charge in [-0.1, -0.05) is 211 Å². The lowest BCUT2D eigenvalue weighted by molar-refractivity contribution is 0.431. The van der Waals surface area contributed by atoms with Crippen molar-refractivity contribution in [2.24, 2.45) is 0 Å². The van der Waals surface area contributed by atoms with Crippen molar-refractivity contribution in [1.29, 1.82) is 0 Å². The summed E-state index contributed by atoms with van der Waals surface area (Å²) >= 11 is 2.36. The van der Waals surface area contributed by atoms with Crippen molar-refractivity contribution >= 4 is 78.9 Å². The first-order chi connectivity index (χ1) is 25.6. The minimum atomic E-state index is -3.85. The molecule has 6 heteroatoms. The van der Waals surface area contributed by atoms with Crippen LogP contribution in [0.15, 0.2) is 206 Å². The molecule has 2 nitrogen and oxygen atoms in total. The van der Waals surface area contributed by atoms with Crippen LogP contribution in [0.3, 0.4) is 0 Å². The zero-order valence-corrected chi connectivity index (χ0v) is 33.6. The van der Waals surface area contributed by atoms with Crippen molar-refractivity contribution in [3.05, 3.63) is 215 Å². The molecule has 0 aliphatic rings. The first kappa shape index (κ1) is 35.4. The molecule has 250 valence electrons. The molecule has 0 aliphatic heterocycles. The molecule has 0 aromatic heterocycles. The summed E-state index contributed by atoms with van der Waals surface area (Å²) in [5, 5.41) is 5.93. The Morgan fingerprint density at radius 1 is 0.385 bits per heavy atom. The van der Waals surface area contributed by atoms with Gasteiger partial charge in [0, 0.05) is 9.13 Å². The Labute approximate surface area is 323 Å². The average molecular weight is 831 g/mol. The molecule has 0 atom stereocenters. The Morgan fingerprint density at radius 2 is 0.692 bits per heavy atom. The number of halogens is 1. The molecule has 7 rings (SSSR count). The highest BCUT2D eigenvalue weighted by Crippen LogP contribution is 2.23. The highest BCUT2D eigenvalue weighted by Gasteiger charge is 2.57. The molecule has 0 fully saturated rings. The second kappa shape index (κ2) is 16.1. The van der Waals surface area contributed by atoms with Crippen molar-refractivity contribution in [3.63, 3.8) is 0 Å². The van der Waals surface area contributed by atoms with E-state index >= 15 is 0 Å². The van der Waals surface area contributed by atoms with E-state index in [9.17, 15) is 0 Å². The Morgan fingerprint density at radius 3 is 1.06 bits per heavy atom. The smallest absolute Gasteiger partial charge is 0.388 e. The second-order valence-electron chi connectivity index (χ2n) is 12.3. The van der Waals surface area contributed by atoms with Crippen LogP contribution in [-0.4, -0.2) is 25.2 Å². The fourth-order valence-electron chi connectivity index (χ4n) is 6.51. The molecule has 0 bridgehead atoms. The van der Waals surface area contributed by atoms with Gasteiger partial charge in [-0.3, -0.25) is 0 Å². The maximum Gasteiger partial charge on any atom is 0.388 e. The van der Waals surface area contributed by atoms with Crippen LogP contribution in [0.2, 0.25) is 0 Å². The van der Waals surface area contributed by atoms with Crippen molar-refractivity contribution in [1.82, 2.24) is 0 Å². The Balaban J connectivity index is 1.61. The van der Waals surface area contributed by atoms with Crippen LogP contribution >= 0.6 is 22.6 Å². The third kappa shape index (κ3) is 7.06. The van der Waals surface area contributed by atoms with Crippen LogP contribution in [0.1, 0.15) is 5.56 Å². The number of rotatable bonds is 10. The minimum Gasteiger partial charge on any atom is -0.413 e. The fourth-order valence-corrected chi connectivity index (χ4v) is 21.1. The highest BCUT2D eigenvalue weighted by atomic mass is 127. The number of hydrogen-bond acceptors (Lipinski definition) is 2. The zero-order chi connectivity index (χ0) is 35.7. The first-order valence-corrected chi connectivity index (χ1v) is 23.8. The molecule has 0 amide bonds. The van der Waals surface area contributed by atoms with E-state index in [-0.39, 0.29) is 0 Å². The minimum absolute atomic E-state index is 0.948. The molecule has 52 heavy (non-hydrogen) atoms. The van der Waals surface area contributed by atoms with E-state index in [0.29, 0.717) is 0 Å². The number of hydrogen-bond donors (Lipinski definition) is 0. The maximum atomic E-state index is 8.25. The van der Waals surface area contributed by atoms with Gasteiger partial charge in [-0.2, -0.15) is 0 Å².